The minimum atomic E-state index is -3.69. The van der Waals surface area contributed by atoms with E-state index in [1.54, 1.807) is 30.3 Å². The van der Waals surface area contributed by atoms with E-state index in [2.05, 4.69) is 4.72 Å². The van der Waals surface area contributed by atoms with Crippen LogP contribution in [0, 0.1) is 0 Å². The molecule has 0 spiro atoms. The maximum Gasteiger partial charge on any atom is 0.240 e. The molecule has 0 aliphatic heterocycles. The van der Waals surface area contributed by atoms with E-state index in [1.165, 1.54) is 24.5 Å². The van der Waals surface area contributed by atoms with Gasteiger partial charge in [-0.25, -0.2) is 21.6 Å². The van der Waals surface area contributed by atoms with Gasteiger partial charge in [0, 0.05) is 18.2 Å². The van der Waals surface area contributed by atoms with Crippen LogP contribution in [-0.4, -0.2) is 37.2 Å². The van der Waals surface area contributed by atoms with E-state index in [0.717, 1.165) is 18.2 Å². The molecule has 0 amide bonds. The molecule has 0 unspecified atom stereocenters. The lowest BCUT2D eigenvalue weighted by atomic mass is 10.0. The molecule has 0 atom stereocenters. The molecule has 2 rings (SSSR count). The molecule has 136 valence electrons. The van der Waals surface area contributed by atoms with Crippen molar-refractivity contribution in [2.75, 3.05) is 24.7 Å². The lowest BCUT2D eigenvalue weighted by Gasteiger charge is -2.22. The number of rotatable bonds is 6. The number of sulfonamides is 2. The molecule has 0 radical (unpaired) electrons. The van der Waals surface area contributed by atoms with Crippen LogP contribution in [0.3, 0.4) is 0 Å². The van der Waals surface area contributed by atoms with E-state index in [4.69, 9.17) is 0 Å². The highest BCUT2D eigenvalue weighted by atomic mass is 32.2. The quantitative estimate of drug-likeness (QED) is 0.830. The first kappa shape index (κ1) is 19.4. The summed E-state index contributed by atoms with van der Waals surface area (Å²) in [5.74, 6) is 0. The van der Waals surface area contributed by atoms with Crippen LogP contribution in [0.15, 0.2) is 47.4 Å². The Kier molecular flexibility index (Phi) is 5.55. The molecule has 1 N–H and O–H groups in total. The Bertz CT molecular complexity index is 983. The SMILES string of the molecule is CCc1ccc(-c2ccccc2S(=O)(=O)NC)c(N(C)S(C)(=O)=O)c1. The van der Waals surface area contributed by atoms with Crippen molar-refractivity contribution in [2.24, 2.45) is 0 Å². The maximum absolute atomic E-state index is 12.4. The second-order valence-corrected chi connectivity index (χ2v) is 9.51. The highest BCUT2D eigenvalue weighted by Gasteiger charge is 2.22. The van der Waals surface area contributed by atoms with E-state index >= 15 is 0 Å². The molecule has 0 aliphatic rings. The number of aryl methyl sites for hydroxylation is 1. The van der Waals surface area contributed by atoms with Gasteiger partial charge >= 0.3 is 0 Å². The molecule has 25 heavy (non-hydrogen) atoms. The molecule has 0 bridgehead atoms. The molecule has 0 saturated carbocycles. The Morgan fingerprint density at radius 1 is 1.00 bits per heavy atom. The summed E-state index contributed by atoms with van der Waals surface area (Å²) in [6.45, 7) is 1.97. The van der Waals surface area contributed by atoms with Gasteiger partial charge in [-0.05, 0) is 31.2 Å². The maximum atomic E-state index is 12.4. The summed E-state index contributed by atoms with van der Waals surface area (Å²) < 4.78 is 52.3. The summed E-state index contributed by atoms with van der Waals surface area (Å²) in [6, 6.07) is 11.9. The second-order valence-electron chi connectivity index (χ2n) is 5.64. The number of nitrogens with zero attached hydrogens (tertiary/aromatic N) is 1. The highest BCUT2D eigenvalue weighted by Crippen LogP contribution is 2.36. The van der Waals surface area contributed by atoms with E-state index in [1.807, 2.05) is 13.0 Å². The first-order valence-electron chi connectivity index (χ1n) is 7.71. The first-order valence-corrected chi connectivity index (χ1v) is 11.0. The van der Waals surface area contributed by atoms with Crippen molar-refractivity contribution in [1.82, 2.24) is 4.72 Å². The largest absolute Gasteiger partial charge is 0.273 e. The van der Waals surface area contributed by atoms with E-state index in [-0.39, 0.29) is 4.90 Å². The summed E-state index contributed by atoms with van der Waals surface area (Å²) in [5.41, 5.74) is 2.40. The average Bonchev–Trinajstić information content (AvgIpc) is 2.59. The average molecular weight is 383 g/mol. The second kappa shape index (κ2) is 7.15. The standard InChI is InChI=1S/C17H22N2O4S2/c1-5-13-10-11-14(16(12-13)19(3)24(4,20)21)15-8-6-7-9-17(15)25(22,23)18-2/h6-12,18H,5H2,1-4H3. The summed E-state index contributed by atoms with van der Waals surface area (Å²) in [7, 11) is -4.38. The van der Waals surface area contributed by atoms with Gasteiger partial charge in [0.2, 0.25) is 20.0 Å². The fraction of sp³-hybridized carbons (Fsp3) is 0.294. The molecular formula is C17H22N2O4S2. The lowest BCUT2D eigenvalue weighted by molar-refractivity contribution is 0.588. The summed E-state index contributed by atoms with van der Waals surface area (Å²) >= 11 is 0. The van der Waals surface area contributed by atoms with E-state index in [0.29, 0.717) is 16.8 Å². The van der Waals surface area contributed by atoms with Crippen LogP contribution >= 0.6 is 0 Å². The van der Waals surface area contributed by atoms with Crippen LogP contribution in [0.1, 0.15) is 12.5 Å². The van der Waals surface area contributed by atoms with E-state index in [9.17, 15) is 16.8 Å². The fourth-order valence-electron chi connectivity index (χ4n) is 2.50. The van der Waals surface area contributed by atoms with Gasteiger partial charge in [0.1, 0.15) is 0 Å². The Morgan fingerprint density at radius 2 is 1.64 bits per heavy atom. The van der Waals surface area contributed by atoms with Crippen molar-refractivity contribution >= 4 is 25.7 Å². The van der Waals surface area contributed by atoms with E-state index < -0.39 is 20.0 Å². The summed E-state index contributed by atoms with van der Waals surface area (Å²) in [4.78, 5) is 0.102. The zero-order valence-corrected chi connectivity index (χ0v) is 16.3. The number of benzene rings is 2. The minimum absolute atomic E-state index is 0.102. The molecule has 2 aromatic carbocycles. The fourth-order valence-corrected chi connectivity index (χ4v) is 3.95. The normalized spacial score (nSPS) is 12.2. The summed E-state index contributed by atoms with van der Waals surface area (Å²) in [6.07, 6.45) is 1.85. The third-order valence-corrected chi connectivity index (χ3v) is 6.71. The molecule has 0 fully saturated rings. The number of nitrogens with one attached hydrogen (secondary N) is 1. The first-order chi connectivity index (χ1) is 11.6. The van der Waals surface area contributed by atoms with Crippen molar-refractivity contribution in [2.45, 2.75) is 18.2 Å². The van der Waals surface area contributed by atoms with Crippen LogP contribution < -0.4 is 9.03 Å². The molecule has 0 heterocycles. The van der Waals surface area contributed by atoms with Crippen molar-refractivity contribution in [3.8, 4) is 11.1 Å². The smallest absolute Gasteiger partial charge is 0.240 e. The van der Waals surface area contributed by atoms with Gasteiger partial charge in [-0.3, -0.25) is 4.31 Å². The number of anilines is 1. The molecule has 0 saturated heterocycles. The Hall–Kier alpha value is -1.90. The summed E-state index contributed by atoms with van der Waals surface area (Å²) in [5, 5.41) is 0. The zero-order valence-electron chi connectivity index (χ0n) is 14.6. The van der Waals surface area contributed by atoms with Crippen molar-refractivity contribution in [3.05, 3.63) is 48.0 Å². The molecule has 6 nitrogen and oxygen atoms in total. The van der Waals surface area contributed by atoms with Gasteiger partial charge in [-0.15, -0.1) is 0 Å². The predicted molar refractivity (Wildman–Crippen MR) is 101 cm³/mol. The zero-order chi connectivity index (χ0) is 18.8. The van der Waals surface area contributed by atoms with Crippen molar-refractivity contribution < 1.29 is 16.8 Å². The van der Waals surface area contributed by atoms with Gasteiger partial charge in [-0.1, -0.05) is 37.3 Å². The molecule has 0 aromatic heterocycles. The van der Waals surface area contributed by atoms with Gasteiger partial charge in [0.25, 0.3) is 0 Å². The predicted octanol–water partition coefficient (Wildman–Crippen LogP) is 2.22. The Morgan fingerprint density at radius 3 is 2.20 bits per heavy atom. The number of hydrogen-bond donors (Lipinski definition) is 1. The van der Waals surface area contributed by atoms with Gasteiger partial charge in [-0.2, -0.15) is 0 Å². The van der Waals surface area contributed by atoms with Crippen molar-refractivity contribution in [1.29, 1.82) is 0 Å². The molecular weight excluding hydrogens is 360 g/mol. The van der Waals surface area contributed by atoms with Gasteiger partial charge < -0.3 is 0 Å². The van der Waals surface area contributed by atoms with Crippen LogP contribution in [0.2, 0.25) is 0 Å². The topological polar surface area (TPSA) is 83.6 Å². The van der Waals surface area contributed by atoms with Crippen molar-refractivity contribution in [3.63, 3.8) is 0 Å². The van der Waals surface area contributed by atoms with Gasteiger partial charge in [0.15, 0.2) is 0 Å². The van der Waals surface area contributed by atoms with Crippen LogP contribution in [-0.2, 0) is 26.5 Å². The third kappa shape index (κ3) is 4.02. The molecule has 8 heteroatoms. The van der Waals surface area contributed by atoms with Crippen LogP contribution in [0.5, 0.6) is 0 Å². The third-order valence-electron chi connectivity index (χ3n) is 4.04. The Labute approximate surface area is 149 Å². The molecule has 0 aliphatic carbocycles. The van der Waals surface area contributed by atoms with Crippen LogP contribution in [0.25, 0.3) is 11.1 Å². The minimum Gasteiger partial charge on any atom is -0.273 e. The molecule has 2 aromatic rings. The Balaban J connectivity index is 2.82. The number of hydrogen-bond acceptors (Lipinski definition) is 4. The van der Waals surface area contributed by atoms with Gasteiger partial charge in [0.05, 0.1) is 16.8 Å². The lowest BCUT2D eigenvalue weighted by Crippen LogP contribution is -2.26. The van der Waals surface area contributed by atoms with Crippen LogP contribution in [0.4, 0.5) is 5.69 Å². The highest BCUT2D eigenvalue weighted by molar-refractivity contribution is 7.92. The monoisotopic (exact) mass is 382 g/mol.